The molecule has 0 unspecified atom stereocenters. The number of carboxylic acids is 1. The largest absolute Gasteiger partial charge is 0.481 e. The van der Waals surface area contributed by atoms with Crippen LogP contribution < -0.4 is 4.90 Å². The Bertz CT molecular complexity index is 855. The lowest BCUT2D eigenvalue weighted by molar-refractivity contribution is -0.142. The lowest BCUT2D eigenvalue weighted by Gasteiger charge is -2.31. The number of carbonyl (C=O) groups is 1. The van der Waals surface area contributed by atoms with Crippen LogP contribution >= 0.6 is 11.3 Å². The Morgan fingerprint density at radius 2 is 2.09 bits per heavy atom. The maximum atomic E-state index is 11.1. The lowest BCUT2D eigenvalue weighted by Crippen LogP contribution is -2.36. The molecule has 0 amide bonds. The molecule has 3 aromatic rings. The number of piperidine rings is 1. The number of thiophene rings is 1. The number of fused-ring (bicyclic) bond motifs is 3. The zero-order valence-corrected chi connectivity index (χ0v) is 12.6. The third-order valence-electron chi connectivity index (χ3n) is 4.15. The van der Waals surface area contributed by atoms with E-state index in [9.17, 15) is 4.79 Å². The maximum absolute atomic E-state index is 11.1. The second kappa shape index (κ2) is 5.17. The summed E-state index contributed by atoms with van der Waals surface area (Å²) in [5.74, 6) is -0.0342. The van der Waals surface area contributed by atoms with Crippen molar-refractivity contribution in [2.24, 2.45) is 5.92 Å². The van der Waals surface area contributed by atoms with Crippen LogP contribution in [0.4, 0.5) is 5.82 Å². The van der Waals surface area contributed by atoms with Gasteiger partial charge >= 0.3 is 5.97 Å². The Morgan fingerprint density at radius 3 is 2.86 bits per heavy atom. The second-order valence-corrected chi connectivity index (χ2v) is 6.43. The Kier molecular flexibility index (Phi) is 3.15. The van der Waals surface area contributed by atoms with Gasteiger partial charge < -0.3 is 10.0 Å². The lowest BCUT2D eigenvalue weighted by atomic mass is 9.97. The molecule has 4 rings (SSSR count). The molecule has 0 radical (unpaired) electrons. The summed E-state index contributed by atoms with van der Waals surface area (Å²) in [5.41, 5.74) is 0.929. The van der Waals surface area contributed by atoms with E-state index >= 15 is 0 Å². The van der Waals surface area contributed by atoms with E-state index < -0.39 is 5.97 Å². The van der Waals surface area contributed by atoms with Gasteiger partial charge in [0.1, 0.15) is 17.0 Å². The second-order valence-electron chi connectivity index (χ2n) is 5.43. The molecule has 0 spiro atoms. The van der Waals surface area contributed by atoms with Crippen LogP contribution in [-0.4, -0.2) is 39.1 Å². The van der Waals surface area contributed by atoms with Gasteiger partial charge in [-0.15, -0.1) is 11.3 Å². The van der Waals surface area contributed by atoms with Crippen molar-refractivity contribution in [3.63, 3.8) is 0 Å². The van der Waals surface area contributed by atoms with Crippen LogP contribution in [0.15, 0.2) is 24.7 Å². The number of hydrogen-bond acceptors (Lipinski definition) is 6. The molecule has 0 aliphatic carbocycles. The molecule has 22 heavy (non-hydrogen) atoms. The standard InChI is InChI=1S/C15H14N4O2S/c20-15(21)9-3-6-19(7-4-9)13-12-11(17-8-18-13)10-2-1-5-16-14(10)22-12/h1-2,5,8-9H,3-4,6-7H2,(H,20,21). The van der Waals surface area contributed by atoms with Crippen LogP contribution in [0.3, 0.4) is 0 Å². The number of aromatic nitrogens is 3. The van der Waals surface area contributed by atoms with Crippen molar-refractivity contribution < 1.29 is 9.90 Å². The van der Waals surface area contributed by atoms with Crippen molar-refractivity contribution in [3.05, 3.63) is 24.7 Å². The third-order valence-corrected chi connectivity index (χ3v) is 5.25. The highest BCUT2D eigenvalue weighted by Gasteiger charge is 2.26. The molecule has 4 heterocycles. The van der Waals surface area contributed by atoms with E-state index in [0.717, 1.165) is 26.3 Å². The molecule has 1 aliphatic heterocycles. The quantitative estimate of drug-likeness (QED) is 0.783. The van der Waals surface area contributed by atoms with Gasteiger partial charge in [-0.05, 0) is 25.0 Å². The molecule has 1 fully saturated rings. The highest BCUT2D eigenvalue weighted by molar-refractivity contribution is 7.25. The van der Waals surface area contributed by atoms with Gasteiger partial charge in [0, 0.05) is 24.7 Å². The van der Waals surface area contributed by atoms with Crippen LogP contribution in [0, 0.1) is 5.92 Å². The number of nitrogens with zero attached hydrogens (tertiary/aromatic N) is 4. The van der Waals surface area contributed by atoms with E-state index in [1.807, 2.05) is 12.1 Å². The van der Waals surface area contributed by atoms with E-state index in [2.05, 4.69) is 19.9 Å². The summed E-state index contributed by atoms with van der Waals surface area (Å²) in [6.07, 6.45) is 4.68. The zero-order valence-electron chi connectivity index (χ0n) is 11.8. The zero-order chi connectivity index (χ0) is 15.1. The van der Waals surface area contributed by atoms with Crippen molar-refractivity contribution in [2.75, 3.05) is 18.0 Å². The number of carboxylic acid groups (broad SMARTS) is 1. The van der Waals surface area contributed by atoms with Crippen LogP contribution in [0.2, 0.25) is 0 Å². The highest BCUT2D eigenvalue weighted by Crippen LogP contribution is 2.36. The fourth-order valence-electron chi connectivity index (χ4n) is 2.96. The Balaban J connectivity index is 1.75. The molecule has 1 aliphatic rings. The predicted octanol–water partition coefficient (Wildman–Crippen LogP) is 2.54. The number of anilines is 1. The Labute approximate surface area is 130 Å². The summed E-state index contributed by atoms with van der Waals surface area (Å²) in [7, 11) is 0. The number of hydrogen-bond donors (Lipinski definition) is 1. The summed E-state index contributed by atoms with van der Waals surface area (Å²) in [5, 5.41) is 10.2. The Hall–Kier alpha value is -2.28. The fraction of sp³-hybridized carbons (Fsp3) is 0.333. The molecule has 0 saturated carbocycles. The van der Waals surface area contributed by atoms with Gasteiger partial charge in [0.15, 0.2) is 0 Å². The smallest absolute Gasteiger partial charge is 0.306 e. The van der Waals surface area contributed by atoms with Gasteiger partial charge in [0.25, 0.3) is 0 Å². The molecule has 7 heteroatoms. The van der Waals surface area contributed by atoms with Crippen LogP contribution in [-0.2, 0) is 4.79 Å². The molecule has 1 N–H and O–H groups in total. The Morgan fingerprint density at radius 1 is 1.27 bits per heavy atom. The molecule has 0 bridgehead atoms. The molecule has 0 atom stereocenters. The molecular formula is C15H14N4O2S. The maximum Gasteiger partial charge on any atom is 0.306 e. The molecular weight excluding hydrogens is 300 g/mol. The minimum Gasteiger partial charge on any atom is -0.481 e. The number of aliphatic carboxylic acids is 1. The summed E-state index contributed by atoms with van der Waals surface area (Å²) in [4.78, 5) is 27.4. The highest BCUT2D eigenvalue weighted by atomic mass is 32.1. The van der Waals surface area contributed by atoms with Crippen molar-refractivity contribution in [3.8, 4) is 0 Å². The first-order chi connectivity index (χ1) is 10.7. The van der Waals surface area contributed by atoms with E-state index in [-0.39, 0.29) is 5.92 Å². The first kappa shape index (κ1) is 13.4. The monoisotopic (exact) mass is 314 g/mol. The van der Waals surface area contributed by atoms with E-state index in [4.69, 9.17) is 5.11 Å². The average molecular weight is 314 g/mol. The van der Waals surface area contributed by atoms with Crippen molar-refractivity contribution in [1.82, 2.24) is 15.0 Å². The van der Waals surface area contributed by atoms with Crippen molar-refractivity contribution in [2.45, 2.75) is 12.8 Å². The van der Waals surface area contributed by atoms with E-state index in [1.165, 1.54) is 0 Å². The molecule has 112 valence electrons. The first-order valence-electron chi connectivity index (χ1n) is 7.20. The van der Waals surface area contributed by atoms with Crippen LogP contribution in [0.1, 0.15) is 12.8 Å². The van der Waals surface area contributed by atoms with Gasteiger partial charge in [0.2, 0.25) is 0 Å². The van der Waals surface area contributed by atoms with Gasteiger partial charge in [-0.25, -0.2) is 15.0 Å². The van der Waals surface area contributed by atoms with Crippen molar-refractivity contribution >= 4 is 43.6 Å². The fourth-order valence-corrected chi connectivity index (χ4v) is 4.08. The van der Waals surface area contributed by atoms with Gasteiger partial charge in [-0.1, -0.05) is 0 Å². The molecule has 0 aromatic carbocycles. The average Bonchev–Trinajstić information content (AvgIpc) is 2.93. The summed E-state index contributed by atoms with van der Waals surface area (Å²) < 4.78 is 1.03. The minimum absolute atomic E-state index is 0.238. The molecule has 1 saturated heterocycles. The first-order valence-corrected chi connectivity index (χ1v) is 8.01. The number of pyridine rings is 1. The summed E-state index contributed by atoms with van der Waals surface area (Å²) in [6, 6.07) is 3.93. The van der Waals surface area contributed by atoms with E-state index in [1.54, 1.807) is 23.9 Å². The predicted molar refractivity (Wildman–Crippen MR) is 85.3 cm³/mol. The minimum atomic E-state index is -0.696. The topological polar surface area (TPSA) is 79.2 Å². The van der Waals surface area contributed by atoms with Crippen molar-refractivity contribution in [1.29, 1.82) is 0 Å². The van der Waals surface area contributed by atoms with E-state index in [0.29, 0.717) is 25.9 Å². The van der Waals surface area contributed by atoms with Gasteiger partial charge in [-0.2, -0.15) is 0 Å². The summed E-state index contributed by atoms with van der Waals surface area (Å²) in [6.45, 7) is 1.43. The third kappa shape index (κ3) is 2.09. The van der Waals surface area contributed by atoms with Crippen LogP contribution in [0.5, 0.6) is 0 Å². The van der Waals surface area contributed by atoms with Crippen LogP contribution in [0.25, 0.3) is 20.4 Å². The van der Waals surface area contributed by atoms with Gasteiger partial charge in [0.05, 0.1) is 16.1 Å². The SMILES string of the molecule is O=C(O)C1CCN(c2ncnc3c2sc2ncccc23)CC1. The molecule has 3 aromatic heterocycles. The summed E-state index contributed by atoms with van der Waals surface area (Å²) >= 11 is 1.59. The number of rotatable bonds is 2. The van der Waals surface area contributed by atoms with Gasteiger partial charge in [-0.3, -0.25) is 4.79 Å². The normalized spacial score (nSPS) is 16.5. The molecule has 6 nitrogen and oxygen atoms in total.